The number of carboxylic acids is 1. The molecule has 0 spiro atoms. The van der Waals surface area contributed by atoms with Gasteiger partial charge in [0.15, 0.2) is 0 Å². The second-order valence-corrected chi connectivity index (χ2v) is 5.37. The Morgan fingerprint density at radius 1 is 1.30 bits per heavy atom. The number of anilines is 1. The Morgan fingerprint density at radius 2 is 2.00 bits per heavy atom. The van der Waals surface area contributed by atoms with Gasteiger partial charge >= 0.3 is 5.97 Å². The molecule has 0 aliphatic rings. The zero-order valence-corrected chi connectivity index (χ0v) is 13.7. The monoisotopic (exact) mass is 335 g/mol. The Labute approximate surface area is 139 Å². The number of nitrogens with one attached hydrogen (secondary N) is 1. The van der Waals surface area contributed by atoms with Gasteiger partial charge in [0.2, 0.25) is 5.91 Å². The van der Waals surface area contributed by atoms with Crippen LogP contribution < -0.4 is 5.32 Å². The topological polar surface area (TPSA) is 82.5 Å². The highest BCUT2D eigenvalue weighted by Gasteiger charge is 2.17. The SMILES string of the molecule is CCN(CC)C(=O)CNc1c(C(=O)O)cnc2ccc(Cl)cc12. The molecule has 1 heterocycles. The number of nitrogens with zero attached hydrogens (tertiary/aromatic N) is 2. The number of carboxylic acid groups (broad SMARTS) is 1. The molecule has 0 saturated carbocycles. The number of halogens is 1. The molecule has 2 rings (SSSR count). The van der Waals surface area contributed by atoms with Gasteiger partial charge in [0.1, 0.15) is 5.56 Å². The van der Waals surface area contributed by atoms with Crippen molar-refractivity contribution in [2.75, 3.05) is 25.0 Å². The normalized spacial score (nSPS) is 10.6. The summed E-state index contributed by atoms with van der Waals surface area (Å²) in [5.74, 6) is -1.21. The third kappa shape index (κ3) is 3.71. The standard InChI is InChI=1S/C16H18ClN3O3/c1-3-20(4-2)14(21)9-19-15-11-7-10(17)5-6-13(11)18-8-12(15)16(22)23/h5-8H,3-4,9H2,1-2H3,(H,18,19)(H,22,23). The molecule has 0 fully saturated rings. The number of carbonyl (C=O) groups excluding carboxylic acids is 1. The van der Waals surface area contributed by atoms with E-state index in [9.17, 15) is 14.7 Å². The van der Waals surface area contributed by atoms with E-state index in [1.165, 1.54) is 6.20 Å². The number of amides is 1. The van der Waals surface area contributed by atoms with E-state index in [4.69, 9.17) is 11.6 Å². The maximum absolute atomic E-state index is 12.1. The van der Waals surface area contributed by atoms with Crippen LogP contribution in [0.15, 0.2) is 24.4 Å². The molecule has 0 bridgehead atoms. The summed E-state index contributed by atoms with van der Waals surface area (Å²) >= 11 is 6.00. The third-order valence-electron chi connectivity index (χ3n) is 3.59. The number of aromatic nitrogens is 1. The van der Waals surface area contributed by atoms with Crippen LogP contribution in [0.3, 0.4) is 0 Å². The van der Waals surface area contributed by atoms with Crippen LogP contribution in [0.5, 0.6) is 0 Å². The number of benzene rings is 1. The molecule has 0 radical (unpaired) electrons. The number of carbonyl (C=O) groups is 2. The lowest BCUT2D eigenvalue weighted by Crippen LogP contribution is -2.35. The number of likely N-dealkylation sites (N-methyl/N-ethyl adjacent to an activating group) is 1. The van der Waals surface area contributed by atoms with Gasteiger partial charge < -0.3 is 15.3 Å². The van der Waals surface area contributed by atoms with Crippen LogP contribution >= 0.6 is 11.6 Å². The molecule has 2 aromatic rings. The number of fused-ring (bicyclic) bond motifs is 1. The molecule has 0 saturated heterocycles. The van der Waals surface area contributed by atoms with E-state index in [-0.39, 0.29) is 18.0 Å². The predicted octanol–water partition coefficient (Wildman–Crippen LogP) is 2.87. The zero-order valence-electron chi connectivity index (χ0n) is 13.0. The Morgan fingerprint density at radius 3 is 2.61 bits per heavy atom. The minimum Gasteiger partial charge on any atom is -0.478 e. The summed E-state index contributed by atoms with van der Waals surface area (Å²) in [5.41, 5.74) is 0.967. The predicted molar refractivity (Wildman–Crippen MR) is 90.1 cm³/mol. The molecule has 0 aliphatic heterocycles. The van der Waals surface area contributed by atoms with Gasteiger partial charge in [-0.1, -0.05) is 11.6 Å². The highest BCUT2D eigenvalue weighted by atomic mass is 35.5. The van der Waals surface area contributed by atoms with E-state index in [1.54, 1.807) is 23.1 Å². The Balaban J connectivity index is 2.40. The summed E-state index contributed by atoms with van der Waals surface area (Å²) in [7, 11) is 0. The van der Waals surface area contributed by atoms with Crippen molar-refractivity contribution in [1.82, 2.24) is 9.88 Å². The van der Waals surface area contributed by atoms with E-state index in [0.717, 1.165) is 0 Å². The van der Waals surface area contributed by atoms with Crippen molar-refractivity contribution in [2.24, 2.45) is 0 Å². The highest BCUT2D eigenvalue weighted by molar-refractivity contribution is 6.31. The van der Waals surface area contributed by atoms with E-state index in [1.807, 2.05) is 13.8 Å². The van der Waals surface area contributed by atoms with Gasteiger partial charge in [0.25, 0.3) is 0 Å². The molecule has 7 heteroatoms. The first-order valence-electron chi connectivity index (χ1n) is 7.31. The van der Waals surface area contributed by atoms with E-state index >= 15 is 0 Å². The van der Waals surface area contributed by atoms with Crippen molar-refractivity contribution in [2.45, 2.75) is 13.8 Å². The van der Waals surface area contributed by atoms with Crippen molar-refractivity contribution in [3.63, 3.8) is 0 Å². The van der Waals surface area contributed by atoms with Gasteiger partial charge in [-0.15, -0.1) is 0 Å². The van der Waals surface area contributed by atoms with E-state index in [2.05, 4.69) is 10.3 Å². The lowest BCUT2D eigenvalue weighted by Gasteiger charge is -2.20. The van der Waals surface area contributed by atoms with Gasteiger partial charge in [0.05, 0.1) is 17.7 Å². The molecule has 6 nitrogen and oxygen atoms in total. The first-order chi connectivity index (χ1) is 11.0. The van der Waals surface area contributed by atoms with Crippen LogP contribution in [-0.2, 0) is 4.79 Å². The van der Waals surface area contributed by atoms with Crippen molar-refractivity contribution in [3.8, 4) is 0 Å². The molecular formula is C16H18ClN3O3. The van der Waals surface area contributed by atoms with Gasteiger partial charge in [-0.3, -0.25) is 9.78 Å². The summed E-state index contributed by atoms with van der Waals surface area (Å²) in [6, 6.07) is 5.03. The second-order valence-electron chi connectivity index (χ2n) is 4.93. The number of hydrogen-bond acceptors (Lipinski definition) is 4. The summed E-state index contributed by atoms with van der Waals surface area (Å²) in [4.78, 5) is 29.4. The number of rotatable bonds is 6. The van der Waals surface area contributed by atoms with Crippen LogP contribution in [-0.4, -0.2) is 46.5 Å². The van der Waals surface area contributed by atoms with Crippen LogP contribution in [0.25, 0.3) is 10.9 Å². The van der Waals surface area contributed by atoms with Crippen molar-refractivity contribution < 1.29 is 14.7 Å². The van der Waals surface area contributed by atoms with Crippen molar-refractivity contribution in [3.05, 3.63) is 35.0 Å². The molecule has 23 heavy (non-hydrogen) atoms. The molecule has 0 aliphatic carbocycles. The van der Waals surface area contributed by atoms with Crippen molar-refractivity contribution in [1.29, 1.82) is 0 Å². The first kappa shape index (κ1) is 17.0. The lowest BCUT2D eigenvalue weighted by molar-refractivity contribution is -0.128. The number of aromatic carboxylic acids is 1. The zero-order chi connectivity index (χ0) is 17.0. The fourth-order valence-corrected chi connectivity index (χ4v) is 2.54. The smallest absolute Gasteiger partial charge is 0.339 e. The molecular weight excluding hydrogens is 318 g/mol. The van der Waals surface area contributed by atoms with Crippen LogP contribution in [0, 0.1) is 0 Å². The third-order valence-corrected chi connectivity index (χ3v) is 3.83. The maximum atomic E-state index is 12.1. The van der Waals surface area contributed by atoms with Crippen LogP contribution in [0.4, 0.5) is 5.69 Å². The molecule has 0 unspecified atom stereocenters. The molecule has 2 N–H and O–H groups in total. The van der Waals surface area contributed by atoms with Gasteiger partial charge in [0, 0.05) is 29.7 Å². The van der Waals surface area contributed by atoms with Crippen LogP contribution in [0.2, 0.25) is 5.02 Å². The highest BCUT2D eigenvalue weighted by Crippen LogP contribution is 2.28. The van der Waals surface area contributed by atoms with Crippen LogP contribution in [0.1, 0.15) is 24.2 Å². The quantitative estimate of drug-likeness (QED) is 0.848. The summed E-state index contributed by atoms with van der Waals surface area (Å²) in [6.45, 7) is 5.00. The minimum absolute atomic E-state index is 0.00659. The molecule has 1 aromatic heterocycles. The first-order valence-corrected chi connectivity index (χ1v) is 7.68. The summed E-state index contributed by atoms with van der Waals surface area (Å²) in [6.07, 6.45) is 1.28. The van der Waals surface area contributed by atoms with Gasteiger partial charge in [-0.25, -0.2) is 4.79 Å². The Kier molecular flexibility index (Phi) is 5.39. The van der Waals surface area contributed by atoms with Crippen molar-refractivity contribution >= 4 is 40.1 Å². The molecule has 1 amide bonds. The Bertz CT molecular complexity index is 745. The second kappa shape index (κ2) is 7.28. The summed E-state index contributed by atoms with van der Waals surface area (Å²) in [5, 5.41) is 13.3. The Hall–Kier alpha value is -2.34. The molecule has 0 atom stereocenters. The van der Waals surface area contributed by atoms with E-state index in [0.29, 0.717) is 34.7 Å². The molecule has 122 valence electrons. The maximum Gasteiger partial charge on any atom is 0.339 e. The summed E-state index contributed by atoms with van der Waals surface area (Å²) < 4.78 is 0. The average molecular weight is 336 g/mol. The fourth-order valence-electron chi connectivity index (χ4n) is 2.37. The van der Waals surface area contributed by atoms with Gasteiger partial charge in [-0.05, 0) is 32.0 Å². The number of pyridine rings is 1. The largest absolute Gasteiger partial charge is 0.478 e. The fraction of sp³-hybridized carbons (Fsp3) is 0.312. The van der Waals surface area contributed by atoms with Gasteiger partial charge in [-0.2, -0.15) is 0 Å². The molecule has 1 aromatic carbocycles. The number of hydrogen-bond donors (Lipinski definition) is 2. The lowest BCUT2D eigenvalue weighted by atomic mass is 10.1. The van der Waals surface area contributed by atoms with E-state index < -0.39 is 5.97 Å². The minimum atomic E-state index is -1.11. The average Bonchev–Trinajstić information content (AvgIpc) is 2.53.